The van der Waals surface area contributed by atoms with Crippen molar-refractivity contribution in [1.82, 2.24) is 15.0 Å². The van der Waals surface area contributed by atoms with Crippen LogP contribution >= 0.6 is 0 Å². The maximum Gasteiger partial charge on any atom is 0.399 e. The van der Waals surface area contributed by atoms with Crippen molar-refractivity contribution in [2.24, 2.45) is 5.41 Å². The van der Waals surface area contributed by atoms with Crippen LogP contribution in [0.4, 0.5) is 13.2 Å². The molecule has 6 nitrogen and oxygen atoms in total. The number of ether oxygens (including phenoxy) is 2. The third-order valence-electron chi connectivity index (χ3n) is 5.91. The van der Waals surface area contributed by atoms with E-state index >= 15 is 0 Å². The van der Waals surface area contributed by atoms with Crippen LogP contribution in [0, 0.1) is 5.41 Å². The van der Waals surface area contributed by atoms with Crippen LogP contribution < -0.4 is 4.74 Å². The molecule has 0 bridgehead atoms. The van der Waals surface area contributed by atoms with Crippen molar-refractivity contribution in [2.75, 3.05) is 13.7 Å². The zero-order chi connectivity index (χ0) is 23.9. The number of hydrogen-bond acceptors (Lipinski definition) is 5. The topological polar surface area (TPSA) is 77.1 Å². The molecule has 1 aliphatic carbocycles. The van der Waals surface area contributed by atoms with Crippen LogP contribution in [-0.2, 0) is 14.9 Å². The first-order valence-corrected chi connectivity index (χ1v) is 10.5. The number of halogens is 3. The summed E-state index contributed by atoms with van der Waals surface area (Å²) in [5.74, 6) is 0.614. The summed E-state index contributed by atoms with van der Waals surface area (Å²) in [7, 11) is 1.34. The van der Waals surface area contributed by atoms with E-state index in [1.807, 2.05) is 12.1 Å². The van der Waals surface area contributed by atoms with Crippen LogP contribution in [0.3, 0.4) is 0 Å². The second-order valence-electron chi connectivity index (χ2n) is 8.85. The summed E-state index contributed by atoms with van der Waals surface area (Å²) in [6, 6.07) is 10.8. The summed E-state index contributed by atoms with van der Waals surface area (Å²) in [6.07, 6.45) is -1.29. The Morgan fingerprint density at radius 2 is 1.70 bits per heavy atom. The van der Waals surface area contributed by atoms with Crippen molar-refractivity contribution < 1.29 is 27.4 Å². The van der Waals surface area contributed by atoms with Gasteiger partial charge in [0.1, 0.15) is 23.6 Å². The van der Waals surface area contributed by atoms with E-state index in [9.17, 15) is 18.0 Å². The van der Waals surface area contributed by atoms with E-state index in [0.29, 0.717) is 22.8 Å². The highest BCUT2D eigenvalue weighted by atomic mass is 19.4. The average Bonchev–Trinajstić information content (AvgIpc) is 3.49. The second-order valence-corrected chi connectivity index (χ2v) is 8.85. The first-order chi connectivity index (χ1) is 15.6. The summed E-state index contributed by atoms with van der Waals surface area (Å²) in [6.45, 7) is 3.66. The number of carbonyl (C=O) groups excluding carboxylic acids is 1. The normalized spacial score (nSPS) is 15.2. The second kappa shape index (κ2) is 8.20. The van der Waals surface area contributed by atoms with Gasteiger partial charge in [-0.05, 0) is 63.1 Å². The largest absolute Gasteiger partial charge is 0.492 e. The van der Waals surface area contributed by atoms with E-state index in [1.54, 1.807) is 44.3 Å². The molecule has 1 aliphatic rings. The van der Waals surface area contributed by atoms with Crippen LogP contribution in [-0.4, -0.2) is 40.8 Å². The van der Waals surface area contributed by atoms with Crippen molar-refractivity contribution in [3.05, 3.63) is 54.5 Å². The van der Waals surface area contributed by atoms with Gasteiger partial charge in [-0.25, -0.2) is 4.98 Å². The molecule has 0 amide bonds. The maximum absolute atomic E-state index is 13.3. The van der Waals surface area contributed by atoms with E-state index in [4.69, 9.17) is 9.47 Å². The number of aromatic nitrogens is 3. The van der Waals surface area contributed by atoms with Crippen molar-refractivity contribution in [3.8, 4) is 28.4 Å². The molecule has 1 saturated carbocycles. The number of aromatic amines is 1. The Morgan fingerprint density at radius 3 is 2.24 bits per heavy atom. The number of imidazole rings is 1. The van der Waals surface area contributed by atoms with Gasteiger partial charge in [-0.15, -0.1) is 0 Å². The molecule has 2 heterocycles. The number of nitrogens with zero attached hydrogens (tertiary/aromatic N) is 2. The smallest absolute Gasteiger partial charge is 0.399 e. The minimum Gasteiger partial charge on any atom is -0.492 e. The summed E-state index contributed by atoms with van der Waals surface area (Å²) in [4.78, 5) is 23.1. The Kier molecular flexibility index (Phi) is 5.67. The van der Waals surface area contributed by atoms with Gasteiger partial charge in [0.2, 0.25) is 0 Å². The van der Waals surface area contributed by atoms with Crippen LogP contribution in [0.15, 0.2) is 48.8 Å². The number of H-pyrrole nitrogens is 1. The molecular formula is C24H24F3N3O3. The zero-order valence-electron chi connectivity index (χ0n) is 18.5. The fraction of sp³-hybridized carbons (Fsp3) is 0.375. The van der Waals surface area contributed by atoms with Gasteiger partial charge in [-0.1, -0.05) is 0 Å². The molecule has 33 heavy (non-hydrogen) atoms. The minimum absolute atomic E-state index is 0.0786. The lowest BCUT2D eigenvalue weighted by atomic mass is 9.95. The number of methoxy groups -OCH3 is 1. The predicted octanol–water partition coefficient (Wildman–Crippen LogP) is 5.31. The molecule has 0 saturated heterocycles. The molecule has 0 spiro atoms. The molecule has 2 aromatic heterocycles. The monoisotopic (exact) mass is 459 g/mol. The Hall–Kier alpha value is -3.36. The Bertz CT molecular complexity index is 1130. The highest BCUT2D eigenvalue weighted by molar-refractivity contribution is 5.76. The van der Waals surface area contributed by atoms with Gasteiger partial charge < -0.3 is 14.5 Å². The van der Waals surface area contributed by atoms with Crippen molar-refractivity contribution in [3.63, 3.8) is 0 Å². The summed E-state index contributed by atoms with van der Waals surface area (Å²) in [5.41, 5.74) is -0.318. The molecular weight excluding hydrogens is 435 g/mol. The lowest BCUT2D eigenvalue weighted by Gasteiger charge is -2.21. The number of alkyl halides is 3. The fourth-order valence-corrected chi connectivity index (χ4v) is 3.57. The number of hydrogen-bond donors (Lipinski definition) is 1. The van der Waals surface area contributed by atoms with Crippen LogP contribution in [0.5, 0.6) is 5.75 Å². The predicted molar refractivity (Wildman–Crippen MR) is 116 cm³/mol. The molecule has 3 aromatic rings. The van der Waals surface area contributed by atoms with E-state index in [2.05, 4.69) is 15.0 Å². The van der Waals surface area contributed by atoms with Gasteiger partial charge in [0.25, 0.3) is 0 Å². The van der Waals surface area contributed by atoms with E-state index in [-0.39, 0.29) is 31.1 Å². The minimum atomic E-state index is -4.29. The maximum atomic E-state index is 13.3. The van der Waals surface area contributed by atoms with Gasteiger partial charge in [0, 0.05) is 23.5 Å². The van der Waals surface area contributed by atoms with E-state index < -0.39 is 17.0 Å². The fourth-order valence-electron chi connectivity index (χ4n) is 3.57. The third-order valence-corrected chi connectivity index (χ3v) is 5.91. The van der Waals surface area contributed by atoms with Crippen molar-refractivity contribution in [2.45, 2.75) is 38.3 Å². The highest BCUT2D eigenvalue weighted by Gasteiger charge is 2.65. The number of rotatable bonds is 7. The Morgan fingerprint density at radius 1 is 1.03 bits per heavy atom. The SMILES string of the molecule is COC(=O)C(C)(C)COc1ccc(-c2ccc(-c3ncc(C4(C(F)(F)F)CC4)[nH]3)cn2)cc1. The van der Waals surface area contributed by atoms with Crippen LogP contribution in [0.25, 0.3) is 22.6 Å². The molecule has 1 N–H and O–H groups in total. The van der Waals surface area contributed by atoms with Crippen LogP contribution in [0.1, 0.15) is 32.4 Å². The van der Waals surface area contributed by atoms with Gasteiger partial charge in [0.05, 0.1) is 23.9 Å². The first kappa shape index (κ1) is 22.8. The summed E-state index contributed by atoms with van der Waals surface area (Å²) in [5, 5.41) is 0. The molecule has 0 radical (unpaired) electrons. The zero-order valence-corrected chi connectivity index (χ0v) is 18.5. The molecule has 1 fully saturated rings. The van der Waals surface area contributed by atoms with E-state index in [0.717, 1.165) is 5.56 Å². The highest BCUT2D eigenvalue weighted by Crippen LogP contribution is 2.58. The summed E-state index contributed by atoms with van der Waals surface area (Å²) >= 11 is 0. The molecule has 1 aromatic carbocycles. The molecule has 0 atom stereocenters. The summed E-state index contributed by atoms with van der Waals surface area (Å²) < 4.78 is 50.5. The van der Waals surface area contributed by atoms with Crippen molar-refractivity contribution >= 4 is 5.97 Å². The Labute approximate surface area is 189 Å². The number of pyridine rings is 1. The number of nitrogens with one attached hydrogen (secondary N) is 1. The molecule has 174 valence electrons. The molecule has 9 heteroatoms. The lowest BCUT2D eigenvalue weighted by molar-refractivity contribution is -0.161. The third kappa shape index (κ3) is 4.44. The molecule has 0 unspecified atom stereocenters. The molecule has 0 aliphatic heterocycles. The van der Waals surface area contributed by atoms with Gasteiger partial charge >= 0.3 is 12.1 Å². The number of carbonyl (C=O) groups is 1. The van der Waals surface area contributed by atoms with E-state index in [1.165, 1.54) is 13.3 Å². The first-order valence-electron chi connectivity index (χ1n) is 10.5. The Balaban J connectivity index is 1.43. The van der Waals surface area contributed by atoms with Gasteiger partial charge in [-0.2, -0.15) is 13.2 Å². The standard InChI is InChI=1S/C24H24F3N3O3/c1-22(2,21(31)32-3)14-33-17-7-4-15(5-8-17)18-9-6-16(12-28-18)20-29-13-19(30-20)23(10-11-23)24(25,26)27/h4-9,12-13H,10-11,14H2,1-3H3,(H,29,30). The molecule has 4 rings (SSSR count). The quantitative estimate of drug-likeness (QED) is 0.485. The van der Waals surface area contributed by atoms with Crippen LogP contribution in [0.2, 0.25) is 0 Å². The van der Waals surface area contributed by atoms with Gasteiger partial charge in [-0.3, -0.25) is 9.78 Å². The number of esters is 1. The van der Waals surface area contributed by atoms with Gasteiger partial charge in [0.15, 0.2) is 0 Å². The number of benzene rings is 1. The lowest BCUT2D eigenvalue weighted by Crippen LogP contribution is -2.32. The van der Waals surface area contributed by atoms with Crippen molar-refractivity contribution in [1.29, 1.82) is 0 Å². The average molecular weight is 459 g/mol.